The van der Waals surface area contributed by atoms with E-state index >= 15 is 0 Å². The van der Waals surface area contributed by atoms with Crippen LogP contribution in [-0.4, -0.2) is 29.9 Å². The van der Waals surface area contributed by atoms with E-state index in [1.54, 1.807) is 0 Å². The number of carbonyl (C=O) groups excluding carboxylic acids is 1. The molecular weight excluding hydrogens is 224 g/mol. The number of nitrogens with zero attached hydrogens (tertiary/aromatic N) is 1. The Labute approximate surface area is 109 Å². The number of likely N-dealkylation sites (tertiary alicyclic amines) is 1. The van der Waals surface area contributed by atoms with Gasteiger partial charge in [0.05, 0.1) is 6.04 Å². The molecule has 1 aromatic carbocycles. The fraction of sp³-hybridized carbons (Fsp3) is 0.533. The zero-order chi connectivity index (χ0) is 12.8. The molecule has 0 aliphatic carbocycles. The first-order valence-corrected chi connectivity index (χ1v) is 6.85. The lowest BCUT2D eigenvalue weighted by atomic mass is 10.1. The number of hydrogen-bond donors (Lipinski definition) is 1. The summed E-state index contributed by atoms with van der Waals surface area (Å²) in [5.74, 6) is 0.139. The zero-order valence-electron chi connectivity index (χ0n) is 10.8. The van der Waals surface area contributed by atoms with Crippen LogP contribution >= 0.6 is 0 Å². The van der Waals surface area contributed by atoms with Gasteiger partial charge >= 0.3 is 0 Å². The van der Waals surface area contributed by atoms with Crippen LogP contribution in [0.1, 0.15) is 31.2 Å². The topological polar surface area (TPSA) is 46.3 Å². The third kappa shape index (κ3) is 3.57. The second-order valence-corrected chi connectivity index (χ2v) is 5.02. The maximum atomic E-state index is 12.0. The van der Waals surface area contributed by atoms with Crippen molar-refractivity contribution in [2.24, 2.45) is 5.73 Å². The van der Waals surface area contributed by atoms with Crippen molar-refractivity contribution in [3.8, 4) is 0 Å². The van der Waals surface area contributed by atoms with Crippen LogP contribution in [0.5, 0.6) is 0 Å². The van der Waals surface area contributed by atoms with Crippen molar-refractivity contribution in [3.63, 3.8) is 0 Å². The monoisotopic (exact) mass is 246 g/mol. The van der Waals surface area contributed by atoms with Gasteiger partial charge in [-0.15, -0.1) is 0 Å². The molecule has 2 N–H and O–H groups in total. The van der Waals surface area contributed by atoms with Crippen LogP contribution in [0.15, 0.2) is 30.3 Å². The van der Waals surface area contributed by atoms with Crippen LogP contribution in [0.3, 0.4) is 0 Å². The summed E-state index contributed by atoms with van der Waals surface area (Å²) < 4.78 is 0. The van der Waals surface area contributed by atoms with E-state index in [9.17, 15) is 4.79 Å². The van der Waals surface area contributed by atoms with E-state index in [0.29, 0.717) is 0 Å². The van der Waals surface area contributed by atoms with Crippen LogP contribution in [-0.2, 0) is 11.2 Å². The van der Waals surface area contributed by atoms with Crippen molar-refractivity contribution in [2.45, 2.75) is 38.1 Å². The van der Waals surface area contributed by atoms with Gasteiger partial charge in [-0.05, 0) is 37.7 Å². The van der Waals surface area contributed by atoms with Crippen LogP contribution in [0.4, 0.5) is 0 Å². The number of hydrogen-bond acceptors (Lipinski definition) is 2. The Morgan fingerprint density at radius 2 is 2.00 bits per heavy atom. The van der Waals surface area contributed by atoms with E-state index in [4.69, 9.17) is 5.73 Å². The van der Waals surface area contributed by atoms with Gasteiger partial charge in [0.1, 0.15) is 0 Å². The Hall–Kier alpha value is -1.35. The molecule has 1 atom stereocenters. The van der Waals surface area contributed by atoms with Gasteiger partial charge in [0.2, 0.25) is 5.91 Å². The first-order chi connectivity index (χ1) is 8.77. The molecule has 3 heteroatoms. The smallest absolute Gasteiger partial charge is 0.239 e. The average molecular weight is 246 g/mol. The fourth-order valence-corrected chi connectivity index (χ4v) is 2.48. The van der Waals surface area contributed by atoms with Gasteiger partial charge in [-0.2, -0.15) is 0 Å². The standard InChI is InChI=1S/C15H22N2O/c16-14-10-4-5-11-17(15(14)18)12-6-9-13-7-2-1-3-8-13/h1-3,7-8,14H,4-6,9-12,16H2. The predicted octanol–water partition coefficient (Wildman–Crippen LogP) is 1.96. The van der Waals surface area contributed by atoms with E-state index < -0.39 is 0 Å². The van der Waals surface area contributed by atoms with E-state index in [2.05, 4.69) is 24.3 Å². The highest BCUT2D eigenvalue weighted by molar-refractivity contribution is 5.81. The zero-order valence-corrected chi connectivity index (χ0v) is 10.8. The fourth-order valence-electron chi connectivity index (χ4n) is 2.48. The van der Waals surface area contributed by atoms with Gasteiger partial charge in [-0.3, -0.25) is 4.79 Å². The second-order valence-electron chi connectivity index (χ2n) is 5.02. The molecule has 1 aliphatic rings. The molecule has 0 bridgehead atoms. The van der Waals surface area contributed by atoms with E-state index in [-0.39, 0.29) is 11.9 Å². The van der Waals surface area contributed by atoms with Gasteiger partial charge in [-0.25, -0.2) is 0 Å². The number of amides is 1. The molecule has 1 saturated heterocycles. The molecule has 98 valence electrons. The number of nitrogens with two attached hydrogens (primary N) is 1. The quantitative estimate of drug-likeness (QED) is 0.882. The van der Waals surface area contributed by atoms with Gasteiger partial charge in [0.25, 0.3) is 0 Å². The summed E-state index contributed by atoms with van der Waals surface area (Å²) in [5, 5.41) is 0. The maximum Gasteiger partial charge on any atom is 0.239 e. The van der Waals surface area contributed by atoms with Gasteiger partial charge in [-0.1, -0.05) is 30.3 Å². The lowest BCUT2D eigenvalue weighted by Crippen LogP contribution is -2.42. The van der Waals surface area contributed by atoms with Gasteiger partial charge in [0, 0.05) is 13.1 Å². The first kappa shape index (κ1) is 13.1. The highest BCUT2D eigenvalue weighted by Crippen LogP contribution is 2.12. The average Bonchev–Trinajstić information content (AvgIpc) is 2.55. The summed E-state index contributed by atoms with van der Waals surface area (Å²) in [6.45, 7) is 1.71. The van der Waals surface area contributed by atoms with Crippen LogP contribution in [0.25, 0.3) is 0 Å². The molecule has 1 heterocycles. The summed E-state index contributed by atoms with van der Waals surface area (Å²) in [4.78, 5) is 13.9. The molecule has 1 amide bonds. The number of aryl methyl sites for hydroxylation is 1. The SMILES string of the molecule is NC1CCCCN(CCCc2ccccc2)C1=O. The molecule has 0 spiro atoms. The lowest BCUT2D eigenvalue weighted by Gasteiger charge is -2.22. The van der Waals surface area contributed by atoms with Crippen LogP contribution in [0.2, 0.25) is 0 Å². The molecule has 2 rings (SSSR count). The van der Waals surface area contributed by atoms with E-state index in [1.165, 1.54) is 5.56 Å². The van der Waals surface area contributed by atoms with Crippen molar-refractivity contribution < 1.29 is 4.79 Å². The molecule has 1 fully saturated rings. The van der Waals surface area contributed by atoms with Gasteiger partial charge < -0.3 is 10.6 Å². The minimum atomic E-state index is -0.274. The third-order valence-electron chi connectivity index (χ3n) is 3.56. The minimum Gasteiger partial charge on any atom is -0.341 e. The minimum absolute atomic E-state index is 0.139. The second kappa shape index (κ2) is 6.55. The highest BCUT2D eigenvalue weighted by Gasteiger charge is 2.22. The molecule has 1 aliphatic heterocycles. The Morgan fingerprint density at radius 1 is 1.22 bits per heavy atom. The Morgan fingerprint density at radius 3 is 2.78 bits per heavy atom. The van der Waals surface area contributed by atoms with Crippen molar-refractivity contribution in [1.82, 2.24) is 4.90 Å². The normalized spacial score (nSPS) is 20.8. The Balaban J connectivity index is 1.80. The van der Waals surface area contributed by atoms with Crippen molar-refractivity contribution in [1.29, 1.82) is 0 Å². The summed E-state index contributed by atoms with van der Waals surface area (Å²) >= 11 is 0. The maximum absolute atomic E-state index is 12.0. The van der Waals surface area contributed by atoms with E-state index in [1.807, 2.05) is 11.0 Å². The number of benzene rings is 1. The van der Waals surface area contributed by atoms with Crippen LogP contribution in [0, 0.1) is 0 Å². The lowest BCUT2D eigenvalue weighted by molar-refractivity contribution is -0.132. The largest absolute Gasteiger partial charge is 0.341 e. The van der Waals surface area contributed by atoms with Crippen LogP contribution < -0.4 is 5.73 Å². The third-order valence-corrected chi connectivity index (χ3v) is 3.56. The highest BCUT2D eigenvalue weighted by atomic mass is 16.2. The van der Waals surface area contributed by atoms with Gasteiger partial charge in [0.15, 0.2) is 0 Å². The Kier molecular flexibility index (Phi) is 4.76. The van der Waals surface area contributed by atoms with Crippen molar-refractivity contribution >= 4 is 5.91 Å². The molecule has 0 radical (unpaired) electrons. The predicted molar refractivity (Wildman–Crippen MR) is 73.2 cm³/mol. The number of carbonyl (C=O) groups is 1. The summed E-state index contributed by atoms with van der Waals surface area (Å²) in [5.41, 5.74) is 7.20. The summed E-state index contributed by atoms with van der Waals surface area (Å²) in [7, 11) is 0. The molecule has 0 saturated carbocycles. The van der Waals surface area contributed by atoms with Crippen molar-refractivity contribution in [3.05, 3.63) is 35.9 Å². The summed E-state index contributed by atoms with van der Waals surface area (Å²) in [6.07, 6.45) is 5.04. The molecule has 1 aromatic rings. The molecule has 0 aromatic heterocycles. The molecular formula is C15H22N2O. The first-order valence-electron chi connectivity index (χ1n) is 6.85. The molecule has 1 unspecified atom stereocenters. The Bertz CT molecular complexity index is 377. The molecule has 18 heavy (non-hydrogen) atoms. The number of rotatable bonds is 4. The summed E-state index contributed by atoms with van der Waals surface area (Å²) in [6, 6.07) is 10.1. The van der Waals surface area contributed by atoms with E-state index in [0.717, 1.165) is 45.2 Å². The molecule has 3 nitrogen and oxygen atoms in total. The van der Waals surface area contributed by atoms with Crippen molar-refractivity contribution in [2.75, 3.05) is 13.1 Å².